The van der Waals surface area contributed by atoms with Gasteiger partial charge in [0.15, 0.2) is 5.11 Å². The monoisotopic (exact) mass is 393 g/mol. The van der Waals surface area contributed by atoms with Crippen molar-refractivity contribution in [2.75, 3.05) is 5.32 Å². The molecule has 140 valence electrons. The Balaban J connectivity index is 1.51. The first-order valence-corrected chi connectivity index (χ1v) is 8.54. The van der Waals surface area contributed by atoms with Crippen LogP contribution in [0.15, 0.2) is 78.0 Å². The molecular formula is C19H15N5O3S. The molecule has 0 saturated carbocycles. The van der Waals surface area contributed by atoms with Gasteiger partial charge in [-0.25, -0.2) is 4.98 Å². The summed E-state index contributed by atoms with van der Waals surface area (Å²) < 4.78 is 5.55. The van der Waals surface area contributed by atoms with E-state index in [1.165, 1.54) is 12.1 Å². The van der Waals surface area contributed by atoms with Crippen LogP contribution in [0.2, 0.25) is 0 Å². The molecule has 1 heterocycles. The summed E-state index contributed by atoms with van der Waals surface area (Å²) in [6, 6.07) is 19.4. The van der Waals surface area contributed by atoms with Gasteiger partial charge in [-0.3, -0.25) is 15.5 Å². The van der Waals surface area contributed by atoms with E-state index in [4.69, 9.17) is 17.0 Å². The van der Waals surface area contributed by atoms with Crippen molar-refractivity contribution in [1.29, 1.82) is 0 Å². The molecule has 0 aliphatic rings. The Bertz CT molecular complexity index is 977. The normalized spacial score (nSPS) is 10.4. The van der Waals surface area contributed by atoms with E-state index in [0.717, 1.165) is 17.4 Å². The fourth-order valence-corrected chi connectivity index (χ4v) is 2.30. The molecule has 2 N–H and O–H groups in total. The van der Waals surface area contributed by atoms with Crippen molar-refractivity contribution in [3.05, 3.63) is 88.6 Å². The van der Waals surface area contributed by atoms with Gasteiger partial charge in [-0.1, -0.05) is 18.2 Å². The zero-order valence-electron chi connectivity index (χ0n) is 14.5. The lowest BCUT2D eigenvalue weighted by Gasteiger charge is -2.06. The van der Waals surface area contributed by atoms with Gasteiger partial charge in [0.25, 0.3) is 5.69 Å². The standard InChI is InChI=1S/C19H15N5O3S/c25-24(26)16-8-11-18(20-13-16)27-17-9-6-14(7-10-17)12-21-23-19(28)22-15-4-2-1-3-5-15/h1-13H,(H2,22,23,28)/b21-12+. The van der Waals surface area contributed by atoms with Crippen LogP contribution in [0.25, 0.3) is 0 Å². The van der Waals surface area contributed by atoms with Crippen LogP contribution in [-0.4, -0.2) is 21.2 Å². The van der Waals surface area contributed by atoms with E-state index in [1.807, 2.05) is 30.3 Å². The molecule has 0 fully saturated rings. The Morgan fingerprint density at radius 3 is 2.50 bits per heavy atom. The Morgan fingerprint density at radius 1 is 1.11 bits per heavy atom. The molecule has 3 rings (SSSR count). The van der Waals surface area contributed by atoms with Gasteiger partial charge in [-0.2, -0.15) is 5.10 Å². The number of hydrogen-bond acceptors (Lipinski definition) is 6. The van der Waals surface area contributed by atoms with Crippen molar-refractivity contribution in [2.45, 2.75) is 0 Å². The summed E-state index contributed by atoms with van der Waals surface area (Å²) in [4.78, 5) is 14.0. The molecule has 0 aliphatic heterocycles. The van der Waals surface area contributed by atoms with Crippen molar-refractivity contribution in [2.24, 2.45) is 5.10 Å². The predicted octanol–water partition coefficient (Wildman–Crippen LogP) is 4.10. The van der Waals surface area contributed by atoms with Gasteiger partial charge in [0.05, 0.1) is 11.1 Å². The third-order valence-corrected chi connectivity index (χ3v) is 3.64. The van der Waals surface area contributed by atoms with E-state index >= 15 is 0 Å². The van der Waals surface area contributed by atoms with Gasteiger partial charge in [0.2, 0.25) is 5.88 Å². The second-order valence-corrected chi connectivity index (χ2v) is 5.88. The second-order valence-electron chi connectivity index (χ2n) is 5.47. The van der Waals surface area contributed by atoms with Gasteiger partial charge in [0.1, 0.15) is 11.9 Å². The highest BCUT2D eigenvalue weighted by atomic mass is 32.1. The zero-order chi connectivity index (χ0) is 19.8. The number of rotatable bonds is 6. The number of hydrogen-bond donors (Lipinski definition) is 2. The number of ether oxygens (including phenoxy) is 1. The van der Waals surface area contributed by atoms with Gasteiger partial charge in [-0.05, 0) is 54.2 Å². The van der Waals surface area contributed by atoms with Crippen LogP contribution in [0.4, 0.5) is 11.4 Å². The van der Waals surface area contributed by atoms with Crippen LogP contribution >= 0.6 is 12.2 Å². The molecule has 2 aromatic carbocycles. The summed E-state index contributed by atoms with van der Waals surface area (Å²) in [6.07, 6.45) is 2.77. The van der Waals surface area contributed by atoms with Crippen molar-refractivity contribution in [3.63, 3.8) is 0 Å². The summed E-state index contributed by atoms with van der Waals surface area (Å²) in [6.45, 7) is 0. The second kappa shape index (κ2) is 9.19. The third-order valence-electron chi connectivity index (χ3n) is 3.45. The summed E-state index contributed by atoms with van der Waals surface area (Å²) in [5.74, 6) is 0.818. The van der Waals surface area contributed by atoms with Crippen molar-refractivity contribution in [1.82, 2.24) is 10.4 Å². The van der Waals surface area contributed by atoms with E-state index < -0.39 is 4.92 Å². The van der Waals surface area contributed by atoms with Crippen molar-refractivity contribution < 1.29 is 9.66 Å². The fraction of sp³-hybridized carbons (Fsp3) is 0. The molecular weight excluding hydrogens is 378 g/mol. The number of hydrazone groups is 1. The maximum Gasteiger partial charge on any atom is 0.287 e. The first-order valence-electron chi connectivity index (χ1n) is 8.13. The molecule has 1 aromatic heterocycles. The SMILES string of the molecule is O=[N+]([O-])c1ccc(Oc2ccc(/C=N/NC(=S)Nc3ccccc3)cc2)nc1. The van der Waals surface area contributed by atoms with Crippen molar-refractivity contribution >= 4 is 34.9 Å². The fourth-order valence-electron chi connectivity index (χ4n) is 2.13. The number of nitrogens with zero attached hydrogens (tertiary/aromatic N) is 3. The van der Waals surface area contributed by atoms with E-state index in [9.17, 15) is 10.1 Å². The van der Waals surface area contributed by atoms with E-state index in [-0.39, 0.29) is 11.6 Å². The van der Waals surface area contributed by atoms with Crippen LogP contribution in [-0.2, 0) is 0 Å². The van der Waals surface area contributed by atoms with Crippen LogP contribution in [0, 0.1) is 10.1 Å². The summed E-state index contributed by atoms with van der Waals surface area (Å²) in [7, 11) is 0. The zero-order valence-corrected chi connectivity index (χ0v) is 15.3. The molecule has 0 unspecified atom stereocenters. The maximum atomic E-state index is 10.6. The molecule has 0 radical (unpaired) electrons. The van der Waals surface area contributed by atoms with Gasteiger partial charge >= 0.3 is 0 Å². The number of pyridine rings is 1. The minimum atomic E-state index is -0.514. The first kappa shape index (κ1) is 18.9. The quantitative estimate of drug-likeness (QED) is 0.281. The molecule has 9 heteroatoms. The van der Waals surface area contributed by atoms with Gasteiger partial charge < -0.3 is 10.1 Å². The van der Waals surface area contributed by atoms with Crippen LogP contribution in [0.3, 0.4) is 0 Å². The van der Waals surface area contributed by atoms with Crippen LogP contribution in [0.5, 0.6) is 11.6 Å². The highest BCUT2D eigenvalue weighted by Crippen LogP contribution is 2.21. The lowest BCUT2D eigenvalue weighted by Crippen LogP contribution is -2.23. The van der Waals surface area contributed by atoms with Gasteiger partial charge in [0, 0.05) is 17.8 Å². The van der Waals surface area contributed by atoms with E-state index in [2.05, 4.69) is 20.8 Å². The van der Waals surface area contributed by atoms with Crippen molar-refractivity contribution in [3.8, 4) is 11.6 Å². The number of anilines is 1. The van der Waals surface area contributed by atoms with Crippen LogP contribution < -0.4 is 15.5 Å². The molecule has 0 bridgehead atoms. The minimum Gasteiger partial charge on any atom is -0.439 e. The minimum absolute atomic E-state index is 0.0916. The third kappa shape index (κ3) is 5.58. The van der Waals surface area contributed by atoms with Crippen LogP contribution in [0.1, 0.15) is 5.56 Å². The molecule has 0 spiro atoms. The number of thiocarbonyl (C=S) groups is 1. The maximum absolute atomic E-state index is 10.6. The molecule has 0 saturated heterocycles. The topological polar surface area (TPSA) is 102 Å². The molecule has 0 amide bonds. The van der Waals surface area contributed by atoms with E-state index in [0.29, 0.717) is 10.9 Å². The molecule has 28 heavy (non-hydrogen) atoms. The molecule has 8 nitrogen and oxygen atoms in total. The lowest BCUT2D eigenvalue weighted by atomic mass is 10.2. The average molecular weight is 393 g/mol. The molecule has 3 aromatic rings. The Kier molecular flexibility index (Phi) is 6.21. The smallest absolute Gasteiger partial charge is 0.287 e. The first-order chi connectivity index (χ1) is 13.6. The number of para-hydroxylation sites is 1. The number of benzene rings is 2. The number of nitrogens with one attached hydrogen (secondary N) is 2. The summed E-state index contributed by atoms with van der Waals surface area (Å²) >= 11 is 5.17. The lowest BCUT2D eigenvalue weighted by molar-refractivity contribution is -0.385. The summed E-state index contributed by atoms with van der Waals surface area (Å²) in [5, 5.41) is 18.1. The largest absolute Gasteiger partial charge is 0.439 e. The highest BCUT2D eigenvalue weighted by Gasteiger charge is 2.06. The Morgan fingerprint density at radius 2 is 1.86 bits per heavy atom. The van der Waals surface area contributed by atoms with E-state index in [1.54, 1.807) is 30.5 Å². The average Bonchev–Trinajstić information content (AvgIpc) is 2.70. The molecule has 0 aliphatic carbocycles. The Hall–Kier alpha value is -3.85. The Labute approximate surface area is 166 Å². The predicted molar refractivity (Wildman–Crippen MR) is 111 cm³/mol. The van der Waals surface area contributed by atoms with Gasteiger partial charge in [-0.15, -0.1) is 0 Å². The summed E-state index contributed by atoms with van der Waals surface area (Å²) in [5.41, 5.74) is 4.35. The highest BCUT2D eigenvalue weighted by molar-refractivity contribution is 7.80. The molecule has 0 atom stereocenters. The number of nitro groups is 1. The number of aromatic nitrogens is 1.